The highest BCUT2D eigenvalue weighted by molar-refractivity contribution is 9.10. The van der Waals surface area contributed by atoms with Crippen LogP contribution in [0.1, 0.15) is 42.5 Å². The number of benzene rings is 1. The van der Waals surface area contributed by atoms with Crippen molar-refractivity contribution in [3.8, 4) is 0 Å². The second-order valence-corrected chi connectivity index (χ2v) is 5.76. The van der Waals surface area contributed by atoms with Crippen molar-refractivity contribution in [3.05, 3.63) is 39.9 Å². The van der Waals surface area contributed by atoms with E-state index >= 15 is 0 Å². The van der Waals surface area contributed by atoms with E-state index in [9.17, 15) is 4.79 Å². The molecular weight excluding hydrogens is 304 g/mol. The van der Waals surface area contributed by atoms with Crippen molar-refractivity contribution >= 4 is 27.5 Å². The predicted octanol–water partition coefficient (Wildman–Crippen LogP) is 3.65. The van der Waals surface area contributed by atoms with Crippen molar-refractivity contribution in [1.29, 1.82) is 0 Å². The first-order chi connectivity index (χ1) is 9.16. The van der Waals surface area contributed by atoms with Crippen molar-refractivity contribution in [2.45, 2.75) is 32.1 Å². The zero-order chi connectivity index (χ0) is 13.7. The average molecular weight is 323 g/mol. The molecule has 1 amide bonds. The molecular formula is C15H19BrN2O. The number of hydrogen-bond acceptors (Lipinski definition) is 2. The Morgan fingerprint density at radius 1 is 1.37 bits per heavy atom. The summed E-state index contributed by atoms with van der Waals surface area (Å²) in [6, 6.07) is 5.32. The number of nitrogen functional groups attached to an aromatic ring is 1. The minimum atomic E-state index is -0.0959. The van der Waals surface area contributed by atoms with Gasteiger partial charge in [-0.3, -0.25) is 4.79 Å². The second kappa shape index (κ2) is 6.75. The lowest BCUT2D eigenvalue weighted by molar-refractivity contribution is 0.0955. The van der Waals surface area contributed by atoms with Crippen LogP contribution in [-0.4, -0.2) is 12.5 Å². The number of carbonyl (C=O) groups is 1. The van der Waals surface area contributed by atoms with Crippen molar-refractivity contribution < 1.29 is 4.79 Å². The number of amides is 1. The largest absolute Gasteiger partial charge is 0.398 e. The van der Waals surface area contributed by atoms with E-state index in [1.807, 2.05) is 6.07 Å². The van der Waals surface area contributed by atoms with Crippen LogP contribution in [0, 0.1) is 0 Å². The van der Waals surface area contributed by atoms with Crippen molar-refractivity contribution in [2.75, 3.05) is 12.3 Å². The van der Waals surface area contributed by atoms with E-state index in [-0.39, 0.29) is 5.91 Å². The topological polar surface area (TPSA) is 55.1 Å². The minimum absolute atomic E-state index is 0.0959. The van der Waals surface area contributed by atoms with Crippen LogP contribution >= 0.6 is 15.9 Å². The van der Waals surface area contributed by atoms with Crippen LogP contribution < -0.4 is 11.1 Å². The molecule has 3 nitrogen and oxygen atoms in total. The maximum Gasteiger partial charge on any atom is 0.253 e. The van der Waals surface area contributed by atoms with Crippen LogP contribution in [-0.2, 0) is 0 Å². The van der Waals surface area contributed by atoms with Crippen LogP contribution in [0.25, 0.3) is 0 Å². The van der Waals surface area contributed by atoms with Gasteiger partial charge in [-0.05, 0) is 50.3 Å². The highest BCUT2D eigenvalue weighted by Crippen LogP contribution is 2.20. The molecule has 0 saturated carbocycles. The molecule has 0 unspecified atom stereocenters. The summed E-state index contributed by atoms with van der Waals surface area (Å²) in [5.41, 5.74) is 8.35. The molecule has 1 aliphatic rings. The van der Waals surface area contributed by atoms with Crippen LogP contribution in [0.15, 0.2) is 34.3 Å². The van der Waals surface area contributed by atoms with Gasteiger partial charge in [0.2, 0.25) is 0 Å². The van der Waals surface area contributed by atoms with Gasteiger partial charge in [-0.2, -0.15) is 0 Å². The Labute approximate surface area is 122 Å². The van der Waals surface area contributed by atoms with E-state index in [0.717, 1.165) is 10.9 Å². The van der Waals surface area contributed by atoms with Gasteiger partial charge in [0.25, 0.3) is 5.91 Å². The molecule has 1 aromatic rings. The third kappa shape index (κ3) is 4.10. The summed E-state index contributed by atoms with van der Waals surface area (Å²) in [7, 11) is 0. The fraction of sp³-hybridized carbons (Fsp3) is 0.400. The Kier molecular flexibility index (Phi) is 5.02. The Balaban J connectivity index is 1.85. The average Bonchev–Trinajstić information content (AvgIpc) is 2.39. The van der Waals surface area contributed by atoms with Gasteiger partial charge in [-0.1, -0.05) is 27.6 Å². The molecule has 0 atom stereocenters. The van der Waals surface area contributed by atoms with Crippen molar-refractivity contribution in [1.82, 2.24) is 5.32 Å². The number of rotatable bonds is 4. The number of nitrogens with one attached hydrogen (secondary N) is 1. The first-order valence-electron chi connectivity index (χ1n) is 6.68. The summed E-state index contributed by atoms with van der Waals surface area (Å²) in [6.45, 7) is 0.681. The molecule has 1 aliphatic carbocycles. The maximum absolute atomic E-state index is 12.0. The highest BCUT2D eigenvalue weighted by Gasteiger charge is 2.10. The molecule has 0 aromatic heterocycles. The minimum Gasteiger partial charge on any atom is -0.398 e. The van der Waals surface area contributed by atoms with Crippen LogP contribution in [0.4, 0.5) is 5.69 Å². The molecule has 0 spiro atoms. The van der Waals surface area contributed by atoms with Gasteiger partial charge >= 0.3 is 0 Å². The highest BCUT2D eigenvalue weighted by atomic mass is 79.9. The Morgan fingerprint density at radius 3 is 2.89 bits per heavy atom. The Hall–Kier alpha value is -1.29. The molecule has 0 radical (unpaired) electrons. The van der Waals surface area contributed by atoms with Gasteiger partial charge in [0.15, 0.2) is 0 Å². The molecule has 0 heterocycles. The predicted molar refractivity (Wildman–Crippen MR) is 82.1 cm³/mol. The molecule has 19 heavy (non-hydrogen) atoms. The number of carbonyl (C=O) groups excluding carboxylic acids is 1. The zero-order valence-electron chi connectivity index (χ0n) is 10.9. The lowest BCUT2D eigenvalue weighted by Gasteiger charge is -2.13. The lowest BCUT2D eigenvalue weighted by Crippen LogP contribution is -2.25. The summed E-state index contributed by atoms with van der Waals surface area (Å²) in [6.07, 6.45) is 8.19. The summed E-state index contributed by atoms with van der Waals surface area (Å²) in [4.78, 5) is 12.0. The van der Waals surface area contributed by atoms with Crippen LogP contribution in [0.5, 0.6) is 0 Å². The number of halogens is 1. The molecule has 102 valence electrons. The van der Waals surface area contributed by atoms with Crippen molar-refractivity contribution in [2.24, 2.45) is 0 Å². The summed E-state index contributed by atoms with van der Waals surface area (Å²) >= 11 is 3.33. The maximum atomic E-state index is 12.0. The van der Waals surface area contributed by atoms with Crippen molar-refractivity contribution in [3.63, 3.8) is 0 Å². The number of anilines is 1. The number of allylic oxidation sites excluding steroid dienone is 1. The quantitative estimate of drug-likeness (QED) is 0.656. The summed E-state index contributed by atoms with van der Waals surface area (Å²) in [5.74, 6) is -0.0959. The number of hydrogen-bond donors (Lipinski definition) is 2. The number of nitrogens with two attached hydrogens (primary N) is 1. The van der Waals surface area contributed by atoms with Gasteiger partial charge in [0.05, 0.1) is 5.56 Å². The van der Waals surface area contributed by atoms with Gasteiger partial charge < -0.3 is 11.1 Å². The van der Waals surface area contributed by atoms with E-state index in [1.165, 1.54) is 31.3 Å². The lowest BCUT2D eigenvalue weighted by atomic mass is 9.97. The molecule has 3 N–H and O–H groups in total. The third-order valence-corrected chi connectivity index (χ3v) is 3.87. The van der Waals surface area contributed by atoms with Crippen LogP contribution in [0.2, 0.25) is 0 Å². The molecule has 1 aromatic carbocycles. The smallest absolute Gasteiger partial charge is 0.253 e. The Morgan fingerprint density at radius 2 is 2.21 bits per heavy atom. The monoisotopic (exact) mass is 322 g/mol. The fourth-order valence-electron chi connectivity index (χ4n) is 2.30. The molecule has 0 bridgehead atoms. The second-order valence-electron chi connectivity index (χ2n) is 4.85. The summed E-state index contributed by atoms with van der Waals surface area (Å²) in [5, 5.41) is 2.93. The van der Waals surface area contributed by atoms with Gasteiger partial charge in [-0.15, -0.1) is 0 Å². The zero-order valence-corrected chi connectivity index (χ0v) is 12.5. The van der Waals surface area contributed by atoms with Gasteiger partial charge in [0, 0.05) is 16.7 Å². The first kappa shape index (κ1) is 14.1. The van der Waals surface area contributed by atoms with E-state index in [0.29, 0.717) is 17.8 Å². The molecule has 0 saturated heterocycles. The van der Waals surface area contributed by atoms with Gasteiger partial charge in [0.1, 0.15) is 0 Å². The Bertz CT molecular complexity index is 497. The van der Waals surface area contributed by atoms with E-state index in [2.05, 4.69) is 27.3 Å². The standard InChI is InChI=1S/C15H19BrN2O/c16-12-6-7-13(14(17)10-12)15(19)18-9-8-11-4-2-1-3-5-11/h4,6-7,10H,1-3,5,8-9,17H2,(H,18,19). The van der Waals surface area contributed by atoms with Crippen LogP contribution in [0.3, 0.4) is 0 Å². The summed E-state index contributed by atoms with van der Waals surface area (Å²) < 4.78 is 0.883. The van der Waals surface area contributed by atoms with E-state index in [1.54, 1.807) is 12.1 Å². The van der Waals surface area contributed by atoms with Gasteiger partial charge in [-0.25, -0.2) is 0 Å². The molecule has 0 aliphatic heterocycles. The molecule has 4 heteroatoms. The first-order valence-corrected chi connectivity index (χ1v) is 7.47. The normalized spacial score (nSPS) is 14.9. The SMILES string of the molecule is Nc1cc(Br)ccc1C(=O)NCCC1=CCCCC1. The molecule has 0 fully saturated rings. The van der Waals surface area contributed by atoms with E-state index in [4.69, 9.17) is 5.73 Å². The van der Waals surface area contributed by atoms with E-state index < -0.39 is 0 Å². The third-order valence-electron chi connectivity index (χ3n) is 3.37. The molecule has 2 rings (SSSR count). The fourth-order valence-corrected chi connectivity index (χ4v) is 2.68.